The molecule has 0 bridgehead atoms. The molecule has 2 aliphatic rings. The number of rotatable bonds is 3. The molecular formula is C12H18N2S. The molecule has 15 heavy (non-hydrogen) atoms. The predicted octanol–water partition coefficient (Wildman–Crippen LogP) is 3.77. The van der Waals surface area contributed by atoms with Crippen LogP contribution >= 0.6 is 11.3 Å². The second-order valence-electron chi connectivity index (χ2n) is 4.83. The predicted molar refractivity (Wildman–Crippen MR) is 64.6 cm³/mol. The van der Waals surface area contributed by atoms with Crippen molar-refractivity contribution < 1.29 is 0 Å². The van der Waals surface area contributed by atoms with Crippen LogP contribution in [0.15, 0.2) is 5.38 Å². The van der Waals surface area contributed by atoms with Crippen LogP contribution in [0.4, 0.5) is 5.13 Å². The van der Waals surface area contributed by atoms with Gasteiger partial charge in [0.15, 0.2) is 5.13 Å². The van der Waals surface area contributed by atoms with Gasteiger partial charge in [-0.2, -0.15) is 0 Å². The summed E-state index contributed by atoms with van der Waals surface area (Å²) in [7, 11) is 0. The highest BCUT2D eigenvalue weighted by molar-refractivity contribution is 7.13. The second kappa shape index (κ2) is 4.12. The molecule has 3 rings (SSSR count). The quantitative estimate of drug-likeness (QED) is 0.842. The summed E-state index contributed by atoms with van der Waals surface area (Å²) in [5.74, 6) is 0.754. The zero-order valence-corrected chi connectivity index (χ0v) is 9.85. The summed E-state index contributed by atoms with van der Waals surface area (Å²) in [6.45, 7) is 0. The van der Waals surface area contributed by atoms with Crippen LogP contribution in [0.2, 0.25) is 0 Å². The fourth-order valence-corrected chi connectivity index (χ4v) is 3.21. The minimum absolute atomic E-state index is 0.732. The van der Waals surface area contributed by atoms with Gasteiger partial charge >= 0.3 is 0 Å². The fraction of sp³-hybridized carbons (Fsp3) is 0.750. The van der Waals surface area contributed by atoms with E-state index >= 15 is 0 Å². The molecule has 2 nitrogen and oxygen atoms in total. The molecule has 1 heterocycles. The van der Waals surface area contributed by atoms with Gasteiger partial charge in [0, 0.05) is 17.3 Å². The normalized spacial score (nSPS) is 22.9. The van der Waals surface area contributed by atoms with Gasteiger partial charge in [-0.15, -0.1) is 11.3 Å². The Labute approximate surface area is 95.1 Å². The van der Waals surface area contributed by atoms with Crippen LogP contribution in [0, 0.1) is 0 Å². The second-order valence-corrected chi connectivity index (χ2v) is 5.69. The Morgan fingerprint density at radius 3 is 2.67 bits per heavy atom. The Bertz CT molecular complexity index is 324. The first-order valence-electron chi connectivity index (χ1n) is 6.14. The van der Waals surface area contributed by atoms with Crippen molar-refractivity contribution in [1.82, 2.24) is 4.98 Å². The highest BCUT2D eigenvalue weighted by Gasteiger charge is 2.23. The van der Waals surface area contributed by atoms with Crippen LogP contribution in [-0.4, -0.2) is 11.0 Å². The summed E-state index contributed by atoms with van der Waals surface area (Å²) < 4.78 is 0. The van der Waals surface area contributed by atoms with E-state index in [9.17, 15) is 0 Å². The van der Waals surface area contributed by atoms with Gasteiger partial charge in [-0.05, 0) is 25.7 Å². The lowest BCUT2D eigenvalue weighted by molar-refractivity contribution is 0.438. The third-order valence-electron chi connectivity index (χ3n) is 3.45. The van der Waals surface area contributed by atoms with E-state index in [0.717, 1.165) is 17.1 Å². The standard InChI is InChI=1S/C12H18N2S/c1-2-4-9(5-3-1)11-8-15-12(14-11)13-10-6-7-10/h8-10H,1-7H2,(H,13,14). The van der Waals surface area contributed by atoms with Crippen LogP contribution in [-0.2, 0) is 0 Å². The van der Waals surface area contributed by atoms with Crippen molar-refractivity contribution in [2.24, 2.45) is 0 Å². The summed E-state index contributed by atoms with van der Waals surface area (Å²) in [5.41, 5.74) is 1.35. The lowest BCUT2D eigenvalue weighted by Gasteiger charge is -2.19. The number of hydrogen-bond donors (Lipinski definition) is 1. The topological polar surface area (TPSA) is 24.9 Å². The van der Waals surface area contributed by atoms with Crippen molar-refractivity contribution in [3.63, 3.8) is 0 Å². The van der Waals surface area contributed by atoms with Crippen LogP contribution in [0.5, 0.6) is 0 Å². The number of hydrogen-bond acceptors (Lipinski definition) is 3. The number of nitrogens with zero attached hydrogens (tertiary/aromatic N) is 1. The monoisotopic (exact) mass is 222 g/mol. The third-order valence-corrected chi connectivity index (χ3v) is 4.24. The van der Waals surface area contributed by atoms with Crippen LogP contribution in [0.25, 0.3) is 0 Å². The van der Waals surface area contributed by atoms with Crippen molar-refractivity contribution in [2.45, 2.75) is 56.9 Å². The first kappa shape index (κ1) is 9.64. The van der Waals surface area contributed by atoms with E-state index in [2.05, 4.69) is 10.7 Å². The molecule has 1 N–H and O–H groups in total. The summed E-state index contributed by atoms with van der Waals surface area (Å²) in [4.78, 5) is 4.72. The van der Waals surface area contributed by atoms with Crippen molar-refractivity contribution in [3.05, 3.63) is 11.1 Å². The molecule has 0 aromatic carbocycles. The zero-order valence-electron chi connectivity index (χ0n) is 9.04. The number of thiazole rings is 1. The molecule has 1 aromatic rings. The third kappa shape index (κ3) is 2.33. The van der Waals surface area contributed by atoms with E-state index in [1.165, 1.54) is 50.6 Å². The largest absolute Gasteiger partial charge is 0.359 e. The molecule has 0 amide bonds. The van der Waals surface area contributed by atoms with Crippen molar-refractivity contribution in [2.75, 3.05) is 5.32 Å². The summed E-state index contributed by atoms with van der Waals surface area (Å²) in [6, 6.07) is 0.732. The van der Waals surface area contributed by atoms with Gasteiger partial charge in [-0.3, -0.25) is 0 Å². The average Bonchev–Trinajstić information content (AvgIpc) is 2.96. The first-order chi connectivity index (χ1) is 7.42. The highest BCUT2D eigenvalue weighted by atomic mass is 32.1. The summed E-state index contributed by atoms with van der Waals surface area (Å²) >= 11 is 1.79. The molecule has 0 saturated heterocycles. The Kier molecular flexibility index (Phi) is 2.65. The Balaban J connectivity index is 1.65. The van der Waals surface area contributed by atoms with E-state index in [4.69, 9.17) is 4.98 Å². The van der Waals surface area contributed by atoms with Gasteiger partial charge in [-0.25, -0.2) is 4.98 Å². The minimum Gasteiger partial charge on any atom is -0.359 e. The fourth-order valence-electron chi connectivity index (χ4n) is 2.34. The van der Waals surface area contributed by atoms with E-state index in [1.54, 1.807) is 11.3 Å². The van der Waals surface area contributed by atoms with E-state index in [1.807, 2.05) is 0 Å². The molecule has 0 atom stereocenters. The number of aromatic nitrogens is 1. The van der Waals surface area contributed by atoms with Gasteiger partial charge in [0.25, 0.3) is 0 Å². The Morgan fingerprint density at radius 1 is 1.13 bits per heavy atom. The molecule has 0 spiro atoms. The lowest BCUT2D eigenvalue weighted by atomic mass is 9.87. The maximum absolute atomic E-state index is 4.72. The average molecular weight is 222 g/mol. The van der Waals surface area contributed by atoms with Gasteiger partial charge in [0.2, 0.25) is 0 Å². The van der Waals surface area contributed by atoms with Gasteiger partial charge < -0.3 is 5.32 Å². The lowest BCUT2D eigenvalue weighted by Crippen LogP contribution is -2.05. The molecule has 0 unspecified atom stereocenters. The summed E-state index contributed by atoms with van der Waals surface area (Å²) in [5, 5.41) is 6.90. The molecule has 3 heteroatoms. The van der Waals surface area contributed by atoms with Gasteiger partial charge in [0.1, 0.15) is 0 Å². The van der Waals surface area contributed by atoms with Crippen LogP contribution < -0.4 is 5.32 Å². The molecular weight excluding hydrogens is 204 g/mol. The molecule has 0 radical (unpaired) electrons. The molecule has 0 aliphatic heterocycles. The maximum Gasteiger partial charge on any atom is 0.183 e. The van der Waals surface area contributed by atoms with Crippen molar-refractivity contribution >= 4 is 16.5 Å². The van der Waals surface area contributed by atoms with Crippen molar-refractivity contribution in [3.8, 4) is 0 Å². The molecule has 2 aliphatic carbocycles. The number of nitrogens with one attached hydrogen (secondary N) is 1. The first-order valence-corrected chi connectivity index (χ1v) is 7.02. The molecule has 1 aromatic heterocycles. The van der Waals surface area contributed by atoms with E-state index < -0.39 is 0 Å². The highest BCUT2D eigenvalue weighted by Crippen LogP contribution is 2.35. The number of anilines is 1. The smallest absolute Gasteiger partial charge is 0.183 e. The SMILES string of the molecule is c1sc(NC2CC2)nc1C1CCCCC1. The molecule has 2 saturated carbocycles. The molecule has 82 valence electrons. The maximum atomic E-state index is 4.72. The zero-order chi connectivity index (χ0) is 10.1. The van der Waals surface area contributed by atoms with E-state index in [0.29, 0.717) is 0 Å². The van der Waals surface area contributed by atoms with Gasteiger partial charge in [-0.1, -0.05) is 19.3 Å². The summed E-state index contributed by atoms with van der Waals surface area (Å²) in [6.07, 6.45) is 9.59. The minimum atomic E-state index is 0.732. The van der Waals surface area contributed by atoms with Gasteiger partial charge in [0.05, 0.1) is 5.69 Å². The Hall–Kier alpha value is -0.570. The molecule has 2 fully saturated rings. The Morgan fingerprint density at radius 2 is 1.93 bits per heavy atom. The van der Waals surface area contributed by atoms with Crippen LogP contribution in [0.3, 0.4) is 0 Å². The van der Waals surface area contributed by atoms with E-state index in [-0.39, 0.29) is 0 Å². The van der Waals surface area contributed by atoms with Crippen LogP contribution in [0.1, 0.15) is 56.6 Å². The van der Waals surface area contributed by atoms with Crippen molar-refractivity contribution in [1.29, 1.82) is 0 Å².